The van der Waals surface area contributed by atoms with Crippen molar-refractivity contribution in [1.82, 2.24) is 10.6 Å². The predicted octanol–water partition coefficient (Wildman–Crippen LogP) is 4.04. The highest BCUT2D eigenvalue weighted by Gasteiger charge is 2.27. The van der Waals surface area contributed by atoms with Crippen LogP contribution in [-0.4, -0.2) is 31.4 Å². The van der Waals surface area contributed by atoms with E-state index in [0.29, 0.717) is 13.1 Å². The van der Waals surface area contributed by atoms with Crippen LogP contribution >= 0.6 is 0 Å². The minimum Gasteiger partial charge on any atom is -0.372 e. The zero-order chi connectivity index (χ0) is 22.7. The summed E-state index contributed by atoms with van der Waals surface area (Å²) in [7, 11) is 0. The number of rotatable bonds is 6. The van der Waals surface area contributed by atoms with E-state index < -0.39 is 0 Å². The van der Waals surface area contributed by atoms with E-state index in [2.05, 4.69) is 78.0 Å². The molecule has 2 aromatic carbocycles. The molecule has 3 N–H and O–H groups in total. The van der Waals surface area contributed by atoms with Crippen molar-refractivity contribution in [2.45, 2.75) is 46.6 Å². The fourth-order valence-electron chi connectivity index (χ4n) is 4.50. The maximum absolute atomic E-state index is 12.3. The van der Waals surface area contributed by atoms with E-state index in [1.807, 2.05) is 0 Å². The van der Waals surface area contributed by atoms with E-state index >= 15 is 0 Å². The minimum atomic E-state index is -0.263. The van der Waals surface area contributed by atoms with Gasteiger partial charge in [-0.05, 0) is 79.6 Å². The summed E-state index contributed by atoms with van der Waals surface area (Å²) in [6.07, 6.45) is 2.81. The molecule has 4 rings (SSSR count). The molecule has 0 aliphatic carbocycles. The first kappa shape index (κ1) is 22.2. The Hall–Kier alpha value is -3.02. The maximum atomic E-state index is 12.3. The van der Waals surface area contributed by atoms with Crippen LogP contribution in [0.25, 0.3) is 0 Å². The van der Waals surface area contributed by atoms with E-state index in [4.69, 9.17) is 0 Å². The molecule has 0 saturated carbocycles. The third-order valence-corrected chi connectivity index (χ3v) is 7.00. The lowest BCUT2D eigenvalue weighted by Crippen LogP contribution is -2.32. The smallest absolute Gasteiger partial charge is 0.225 e. The second kappa shape index (κ2) is 9.63. The number of nitrogens with one attached hydrogen (secondary N) is 3. The normalized spacial score (nSPS) is 19.0. The van der Waals surface area contributed by atoms with Gasteiger partial charge in [-0.25, -0.2) is 0 Å². The van der Waals surface area contributed by atoms with Crippen LogP contribution in [-0.2, 0) is 16.1 Å². The summed E-state index contributed by atoms with van der Waals surface area (Å²) in [5, 5.41) is 9.24. The molecule has 2 heterocycles. The number of hydrogen-bond donors (Lipinski definition) is 3. The van der Waals surface area contributed by atoms with Crippen LogP contribution in [0.15, 0.2) is 36.4 Å². The molecule has 0 bridgehead atoms. The lowest BCUT2D eigenvalue weighted by molar-refractivity contribution is -0.126. The monoisotopic (exact) mass is 434 g/mol. The highest BCUT2D eigenvalue weighted by atomic mass is 16.2. The first-order valence-electron chi connectivity index (χ1n) is 11.7. The number of carbonyl (C=O) groups is 2. The molecule has 170 valence electrons. The predicted molar refractivity (Wildman–Crippen MR) is 129 cm³/mol. The quantitative estimate of drug-likeness (QED) is 0.642. The number of nitrogens with zero attached hydrogens (tertiary/aromatic N) is 1. The SMILES string of the molecule is Cc1c(CNC(=O)C2CNC(=O)C2)ccc(Nc2ccc(N3CCC(C)CC3)cc2)c1C. The molecule has 2 fully saturated rings. The van der Waals surface area contributed by atoms with Crippen molar-refractivity contribution in [1.29, 1.82) is 0 Å². The summed E-state index contributed by atoms with van der Waals surface area (Å²) < 4.78 is 0. The fourth-order valence-corrected chi connectivity index (χ4v) is 4.50. The Morgan fingerprint density at radius 2 is 1.78 bits per heavy atom. The standard InChI is InChI=1S/C26H34N4O2/c1-17-10-12-30(13-11-17)23-7-5-22(6-8-23)29-24-9-4-20(18(2)19(24)3)15-28-26(32)21-14-25(31)27-16-21/h4-9,17,21,29H,10-16H2,1-3H3,(H,27,31)(H,28,32). The van der Waals surface area contributed by atoms with E-state index in [9.17, 15) is 9.59 Å². The highest BCUT2D eigenvalue weighted by molar-refractivity contribution is 5.89. The Labute approximate surface area is 190 Å². The van der Waals surface area contributed by atoms with Gasteiger partial charge in [-0.15, -0.1) is 0 Å². The van der Waals surface area contributed by atoms with Crippen molar-refractivity contribution in [3.8, 4) is 0 Å². The van der Waals surface area contributed by atoms with Crippen molar-refractivity contribution >= 4 is 28.9 Å². The van der Waals surface area contributed by atoms with Gasteiger partial charge in [-0.3, -0.25) is 9.59 Å². The number of piperidine rings is 1. The molecule has 32 heavy (non-hydrogen) atoms. The third-order valence-electron chi connectivity index (χ3n) is 7.00. The Morgan fingerprint density at radius 1 is 1.06 bits per heavy atom. The molecular formula is C26H34N4O2. The lowest BCUT2D eigenvalue weighted by Gasteiger charge is -2.32. The summed E-state index contributed by atoms with van der Waals surface area (Å²) in [5.41, 5.74) is 6.86. The topological polar surface area (TPSA) is 73.5 Å². The van der Waals surface area contributed by atoms with E-state index in [0.717, 1.165) is 41.5 Å². The number of carbonyl (C=O) groups excluding carboxylic acids is 2. The van der Waals surface area contributed by atoms with Crippen molar-refractivity contribution in [3.05, 3.63) is 53.1 Å². The summed E-state index contributed by atoms with van der Waals surface area (Å²) in [5.74, 6) is 0.455. The van der Waals surface area contributed by atoms with Gasteiger partial charge in [0.05, 0.1) is 5.92 Å². The van der Waals surface area contributed by atoms with E-state index in [-0.39, 0.29) is 24.2 Å². The molecule has 2 amide bonds. The average Bonchev–Trinajstić information content (AvgIpc) is 3.24. The van der Waals surface area contributed by atoms with Gasteiger partial charge in [0, 0.05) is 49.7 Å². The second-order valence-electron chi connectivity index (χ2n) is 9.29. The van der Waals surface area contributed by atoms with Gasteiger partial charge in [-0.2, -0.15) is 0 Å². The first-order chi connectivity index (χ1) is 15.4. The Bertz CT molecular complexity index is 978. The number of hydrogen-bond acceptors (Lipinski definition) is 4. The van der Waals surface area contributed by atoms with Crippen molar-refractivity contribution < 1.29 is 9.59 Å². The van der Waals surface area contributed by atoms with Gasteiger partial charge in [0.1, 0.15) is 0 Å². The lowest BCUT2D eigenvalue weighted by atomic mass is 9.99. The number of amides is 2. The maximum Gasteiger partial charge on any atom is 0.225 e. The molecule has 6 nitrogen and oxygen atoms in total. The zero-order valence-electron chi connectivity index (χ0n) is 19.3. The van der Waals surface area contributed by atoms with E-state index in [1.165, 1.54) is 24.1 Å². The van der Waals surface area contributed by atoms with Crippen LogP contribution in [0.4, 0.5) is 17.1 Å². The molecule has 2 aromatic rings. The molecule has 2 aliphatic rings. The number of benzene rings is 2. The van der Waals surface area contributed by atoms with Gasteiger partial charge in [0.15, 0.2) is 0 Å². The summed E-state index contributed by atoms with van der Waals surface area (Å²) in [6, 6.07) is 12.8. The zero-order valence-corrected chi connectivity index (χ0v) is 19.3. The van der Waals surface area contributed by atoms with Crippen LogP contribution in [0.5, 0.6) is 0 Å². The first-order valence-corrected chi connectivity index (χ1v) is 11.7. The van der Waals surface area contributed by atoms with Gasteiger partial charge in [0.25, 0.3) is 0 Å². The van der Waals surface area contributed by atoms with Gasteiger partial charge in [-0.1, -0.05) is 13.0 Å². The van der Waals surface area contributed by atoms with Gasteiger partial charge >= 0.3 is 0 Å². The fraction of sp³-hybridized carbons (Fsp3) is 0.462. The Morgan fingerprint density at radius 3 is 2.44 bits per heavy atom. The molecular weight excluding hydrogens is 400 g/mol. The average molecular weight is 435 g/mol. The molecule has 6 heteroatoms. The number of anilines is 3. The summed E-state index contributed by atoms with van der Waals surface area (Å²) in [4.78, 5) is 26.1. The molecule has 0 radical (unpaired) electrons. The van der Waals surface area contributed by atoms with Crippen molar-refractivity contribution in [2.75, 3.05) is 29.9 Å². The van der Waals surface area contributed by atoms with Crippen LogP contribution in [0.1, 0.15) is 42.9 Å². The summed E-state index contributed by atoms with van der Waals surface area (Å²) in [6.45, 7) is 9.70. The van der Waals surface area contributed by atoms with E-state index in [1.54, 1.807) is 0 Å². The molecule has 1 unspecified atom stereocenters. The minimum absolute atomic E-state index is 0.0498. The molecule has 2 aliphatic heterocycles. The molecule has 2 saturated heterocycles. The summed E-state index contributed by atoms with van der Waals surface area (Å²) >= 11 is 0. The van der Waals surface area contributed by atoms with Crippen LogP contribution < -0.4 is 20.9 Å². The highest BCUT2D eigenvalue weighted by Crippen LogP contribution is 2.28. The molecule has 0 spiro atoms. The second-order valence-corrected chi connectivity index (χ2v) is 9.29. The van der Waals surface area contributed by atoms with Gasteiger partial charge in [0.2, 0.25) is 11.8 Å². The van der Waals surface area contributed by atoms with Crippen molar-refractivity contribution in [3.63, 3.8) is 0 Å². The van der Waals surface area contributed by atoms with Crippen LogP contribution in [0, 0.1) is 25.7 Å². The third kappa shape index (κ3) is 5.06. The van der Waals surface area contributed by atoms with Crippen LogP contribution in [0.2, 0.25) is 0 Å². The Kier molecular flexibility index (Phi) is 6.68. The van der Waals surface area contributed by atoms with Gasteiger partial charge < -0.3 is 20.9 Å². The van der Waals surface area contributed by atoms with Crippen molar-refractivity contribution in [2.24, 2.45) is 11.8 Å². The van der Waals surface area contributed by atoms with Crippen LogP contribution in [0.3, 0.4) is 0 Å². The largest absolute Gasteiger partial charge is 0.372 e. The molecule has 0 aromatic heterocycles. The molecule has 1 atom stereocenters. The Balaban J connectivity index is 1.36.